The number of allylic oxidation sites excluding steroid dienone is 2. The van der Waals surface area contributed by atoms with Crippen LogP contribution in [0.1, 0.15) is 92.2 Å². The number of hydrogen-bond donors (Lipinski definition) is 1. The maximum atomic E-state index is 11.9. The zero-order valence-electron chi connectivity index (χ0n) is 23.8. The van der Waals surface area contributed by atoms with E-state index >= 15 is 0 Å². The molecule has 0 unspecified atom stereocenters. The number of rotatable bonds is 5. The lowest BCUT2D eigenvalue weighted by molar-refractivity contribution is -0.212. The van der Waals surface area contributed by atoms with Gasteiger partial charge in [-0.1, -0.05) is 45.8 Å². The van der Waals surface area contributed by atoms with Crippen LogP contribution in [-0.2, 0) is 11.3 Å². The summed E-state index contributed by atoms with van der Waals surface area (Å²) in [6.45, 7) is 14.5. The highest BCUT2D eigenvalue weighted by Gasteiger charge is 2.60. The molecule has 1 N–H and O–H groups in total. The molecule has 0 aromatic carbocycles. The number of nitrogens with zero attached hydrogens (tertiary/aromatic N) is 5. The van der Waals surface area contributed by atoms with Gasteiger partial charge < -0.3 is 19.5 Å². The van der Waals surface area contributed by atoms with Crippen LogP contribution in [0, 0.1) is 22.7 Å². The number of hydrogen-bond acceptors (Lipinski definition) is 4. The summed E-state index contributed by atoms with van der Waals surface area (Å²) in [6.07, 6.45) is 11.8. The Bertz CT molecular complexity index is 1060. The highest BCUT2D eigenvalue weighted by Crippen LogP contribution is 2.62. The van der Waals surface area contributed by atoms with Crippen molar-refractivity contribution in [2.75, 3.05) is 25.7 Å². The molecule has 1 aliphatic heterocycles. The second-order valence-electron chi connectivity index (χ2n) is 12.8. The molecule has 0 spiro atoms. The number of aliphatic imine (C=N–C) groups is 1. The minimum Gasteiger partial charge on any atom is -0.389 e. The first kappa shape index (κ1) is 26.9. The number of amides is 1. The normalized spacial score (nSPS) is 33.5. The lowest BCUT2D eigenvalue weighted by Gasteiger charge is -2.62. The Morgan fingerprint density at radius 2 is 1.92 bits per heavy atom. The minimum absolute atomic E-state index is 0.0117. The van der Waals surface area contributed by atoms with Crippen molar-refractivity contribution in [3.8, 4) is 0 Å². The van der Waals surface area contributed by atoms with Gasteiger partial charge in [-0.25, -0.2) is 4.98 Å². The van der Waals surface area contributed by atoms with Crippen LogP contribution in [0.15, 0.2) is 23.0 Å². The molecule has 4 rings (SSSR count). The van der Waals surface area contributed by atoms with E-state index in [0.717, 1.165) is 50.0 Å². The molecule has 0 saturated heterocycles. The van der Waals surface area contributed by atoms with Crippen molar-refractivity contribution in [1.82, 2.24) is 14.5 Å². The lowest BCUT2D eigenvalue weighted by atomic mass is 9.45. The van der Waals surface area contributed by atoms with Crippen molar-refractivity contribution in [2.45, 2.75) is 98.6 Å². The SMILES string of the molecule is CC(=O)N=C1c2c(ncn2C/C=C(\C)CC[C@@]2(C)[C@H](C)CC[C@]3(O)[C@@H]2CCCC3(C)C)N(C)CN1C. The molecule has 1 amide bonds. The number of imidazole rings is 1. The molecule has 2 aliphatic carbocycles. The monoisotopic (exact) mass is 497 g/mol. The second kappa shape index (κ2) is 9.62. The van der Waals surface area contributed by atoms with E-state index in [1.807, 2.05) is 25.3 Å². The van der Waals surface area contributed by atoms with Crippen LogP contribution in [0.25, 0.3) is 0 Å². The Morgan fingerprint density at radius 3 is 2.61 bits per heavy atom. The van der Waals surface area contributed by atoms with Crippen molar-refractivity contribution < 1.29 is 9.90 Å². The van der Waals surface area contributed by atoms with Crippen LogP contribution in [0.5, 0.6) is 0 Å². The number of aliphatic hydroxyl groups is 1. The Labute approximate surface area is 217 Å². The molecule has 2 fully saturated rings. The van der Waals surface area contributed by atoms with Gasteiger partial charge in [0.05, 0.1) is 18.6 Å². The van der Waals surface area contributed by atoms with Gasteiger partial charge in [-0.3, -0.25) is 4.79 Å². The lowest BCUT2D eigenvalue weighted by Crippen LogP contribution is -2.62. The van der Waals surface area contributed by atoms with Crippen molar-refractivity contribution >= 4 is 17.6 Å². The van der Waals surface area contributed by atoms with E-state index in [1.165, 1.54) is 18.9 Å². The molecule has 1 aromatic rings. The van der Waals surface area contributed by atoms with Crippen LogP contribution in [-0.4, -0.2) is 57.7 Å². The molecule has 2 saturated carbocycles. The smallest absolute Gasteiger partial charge is 0.244 e. The molecule has 200 valence electrons. The fourth-order valence-corrected chi connectivity index (χ4v) is 7.35. The predicted octanol–water partition coefficient (Wildman–Crippen LogP) is 5.24. The van der Waals surface area contributed by atoms with Gasteiger partial charge in [0, 0.05) is 27.6 Å². The fraction of sp³-hybridized carbons (Fsp3) is 0.759. The maximum absolute atomic E-state index is 11.9. The van der Waals surface area contributed by atoms with Crippen molar-refractivity contribution in [3.63, 3.8) is 0 Å². The maximum Gasteiger partial charge on any atom is 0.244 e. The van der Waals surface area contributed by atoms with Crippen molar-refractivity contribution in [2.24, 2.45) is 27.7 Å². The van der Waals surface area contributed by atoms with Crippen LogP contribution < -0.4 is 4.90 Å². The molecule has 3 aliphatic rings. The summed E-state index contributed by atoms with van der Waals surface area (Å²) >= 11 is 0. The Hall–Kier alpha value is -2.15. The predicted molar refractivity (Wildman–Crippen MR) is 146 cm³/mol. The van der Waals surface area contributed by atoms with Gasteiger partial charge in [-0.05, 0) is 68.1 Å². The fourth-order valence-electron chi connectivity index (χ4n) is 7.35. The van der Waals surface area contributed by atoms with Gasteiger partial charge in [0.15, 0.2) is 11.7 Å². The Morgan fingerprint density at radius 1 is 1.19 bits per heavy atom. The minimum atomic E-state index is -0.551. The molecule has 7 heteroatoms. The van der Waals surface area contributed by atoms with E-state index in [-0.39, 0.29) is 16.7 Å². The summed E-state index contributed by atoms with van der Waals surface area (Å²) in [6, 6.07) is 0. The van der Waals surface area contributed by atoms with E-state index in [4.69, 9.17) is 0 Å². The Balaban J connectivity index is 1.51. The molecule has 1 aromatic heterocycles. The summed E-state index contributed by atoms with van der Waals surface area (Å²) in [5.41, 5.74) is 1.83. The average Bonchev–Trinajstić information content (AvgIpc) is 3.22. The van der Waals surface area contributed by atoms with Gasteiger partial charge in [-0.2, -0.15) is 4.99 Å². The van der Waals surface area contributed by atoms with E-state index in [1.54, 1.807) is 0 Å². The highest BCUT2D eigenvalue weighted by molar-refractivity contribution is 6.07. The topological polar surface area (TPSA) is 74.0 Å². The van der Waals surface area contributed by atoms with E-state index < -0.39 is 5.60 Å². The summed E-state index contributed by atoms with van der Waals surface area (Å²) in [5, 5.41) is 11.9. The highest BCUT2D eigenvalue weighted by atomic mass is 16.3. The molecule has 7 nitrogen and oxygen atoms in total. The van der Waals surface area contributed by atoms with Gasteiger partial charge in [-0.15, -0.1) is 0 Å². The third kappa shape index (κ3) is 4.52. The standard InChI is InChI=1S/C29H47N5O2/c1-20(11-15-28(6)21(2)12-16-29(36)23(28)10-9-14-27(29,4)5)13-17-34-18-30-25-24(34)26(31-22(3)35)33(8)19-32(25)7/h13,18,21,23,36H,9-12,14-17,19H2,1-8H3/b20-13+,31-26?/t21-,23-,28+,29+/m1/s1. The second-order valence-corrected chi connectivity index (χ2v) is 12.8. The quantitative estimate of drug-likeness (QED) is 0.564. The number of anilines is 1. The van der Waals surface area contributed by atoms with Crippen molar-refractivity contribution in [1.29, 1.82) is 0 Å². The largest absolute Gasteiger partial charge is 0.389 e. The van der Waals surface area contributed by atoms with Gasteiger partial charge in [0.1, 0.15) is 5.69 Å². The van der Waals surface area contributed by atoms with E-state index in [2.05, 4.69) is 60.1 Å². The number of carbonyl (C=O) groups is 1. The Kier molecular flexibility index (Phi) is 7.19. The van der Waals surface area contributed by atoms with Gasteiger partial charge in [0.2, 0.25) is 5.91 Å². The first-order valence-corrected chi connectivity index (χ1v) is 13.7. The zero-order chi connectivity index (χ0) is 26.5. The third-order valence-corrected chi connectivity index (χ3v) is 10.1. The molecule has 4 atom stereocenters. The number of fused-ring (bicyclic) bond motifs is 2. The summed E-state index contributed by atoms with van der Waals surface area (Å²) in [4.78, 5) is 24.8. The molecule has 0 radical (unpaired) electrons. The molecule has 0 bridgehead atoms. The van der Waals surface area contributed by atoms with Crippen LogP contribution in [0.2, 0.25) is 0 Å². The average molecular weight is 498 g/mol. The van der Waals surface area contributed by atoms with E-state index in [9.17, 15) is 9.90 Å². The van der Waals surface area contributed by atoms with E-state index in [0.29, 0.717) is 30.9 Å². The van der Waals surface area contributed by atoms with Crippen LogP contribution >= 0.6 is 0 Å². The summed E-state index contributed by atoms with van der Waals surface area (Å²) in [5.74, 6) is 2.32. The van der Waals surface area contributed by atoms with Crippen molar-refractivity contribution in [3.05, 3.63) is 23.7 Å². The molecular formula is C29H47N5O2. The first-order valence-electron chi connectivity index (χ1n) is 13.7. The third-order valence-electron chi connectivity index (χ3n) is 10.1. The number of carbonyl (C=O) groups excluding carboxylic acids is 1. The molecule has 2 heterocycles. The molecular weight excluding hydrogens is 450 g/mol. The number of amidine groups is 1. The summed E-state index contributed by atoms with van der Waals surface area (Å²) in [7, 11) is 3.97. The molecule has 36 heavy (non-hydrogen) atoms. The number of aromatic nitrogens is 2. The van der Waals surface area contributed by atoms with Crippen LogP contribution in [0.3, 0.4) is 0 Å². The zero-order valence-corrected chi connectivity index (χ0v) is 23.8. The van der Waals surface area contributed by atoms with Gasteiger partial charge >= 0.3 is 0 Å². The van der Waals surface area contributed by atoms with Crippen LogP contribution in [0.4, 0.5) is 5.82 Å². The summed E-state index contributed by atoms with van der Waals surface area (Å²) < 4.78 is 2.10. The van der Waals surface area contributed by atoms with Gasteiger partial charge in [0.25, 0.3) is 0 Å². The first-order chi connectivity index (χ1) is 16.8.